The maximum atomic E-state index is 11.9. The lowest BCUT2D eigenvalue weighted by molar-refractivity contribution is -0.133. The molecular weight excluding hydrogens is 322 g/mol. The van der Waals surface area contributed by atoms with Gasteiger partial charge >= 0.3 is 0 Å². The number of anilines is 1. The van der Waals surface area contributed by atoms with Crippen LogP contribution in [0.25, 0.3) is 0 Å². The van der Waals surface area contributed by atoms with Crippen molar-refractivity contribution in [3.63, 3.8) is 0 Å². The van der Waals surface area contributed by atoms with Gasteiger partial charge in [-0.2, -0.15) is 0 Å². The van der Waals surface area contributed by atoms with Crippen LogP contribution in [-0.2, 0) is 20.6 Å². The number of amides is 2. The molecule has 2 rings (SSSR count). The number of carbonyl (C=O) groups excluding carboxylic acids is 2. The summed E-state index contributed by atoms with van der Waals surface area (Å²) >= 11 is 0. The molecule has 2 heterocycles. The normalized spacial score (nSPS) is 19.1. The molecule has 1 unspecified atom stereocenters. The molecule has 1 atom stereocenters. The lowest BCUT2D eigenvalue weighted by Gasteiger charge is -2.36. The topological polar surface area (TPSA) is 80.3 Å². The molecule has 0 aromatic carbocycles. The summed E-state index contributed by atoms with van der Waals surface area (Å²) in [6.07, 6.45) is 4.26. The Kier molecular flexibility index (Phi) is 5.44. The van der Waals surface area contributed by atoms with Gasteiger partial charge in [0.25, 0.3) is 0 Å². The van der Waals surface area contributed by atoms with E-state index in [0.29, 0.717) is 19.4 Å². The molecule has 7 heteroatoms. The summed E-state index contributed by atoms with van der Waals surface area (Å²) in [5, 5.41) is 5.70. The lowest BCUT2D eigenvalue weighted by atomic mass is 10.1. The van der Waals surface area contributed by atoms with E-state index in [9.17, 15) is 9.59 Å². The number of aromatic nitrogens is 1. The van der Waals surface area contributed by atoms with Crippen molar-refractivity contribution in [1.82, 2.24) is 10.3 Å². The van der Waals surface area contributed by atoms with Crippen LogP contribution in [0.2, 0.25) is 18.1 Å². The first-order chi connectivity index (χ1) is 11.1. The third kappa shape index (κ3) is 4.42. The van der Waals surface area contributed by atoms with Crippen molar-refractivity contribution in [3.8, 4) is 0 Å². The Labute approximate surface area is 144 Å². The zero-order valence-corrected chi connectivity index (χ0v) is 16.1. The first-order valence-corrected chi connectivity index (χ1v) is 11.2. The van der Waals surface area contributed by atoms with Crippen molar-refractivity contribution in [2.75, 3.05) is 5.32 Å². The van der Waals surface area contributed by atoms with Gasteiger partial charge in [0, 0.05) is 18.2 Å². The van der Waals surface area contributed by atoms with Crippen molar-refractivity contribution < 1.29 is 14.0 Å². The van der Waals surface area contributed by atoms with Crippen molar-refractivity contribution in [2.24, 2.45) is 0 Å². The number of hydrogen-bond acceptors (Lipinski definition) is 5. The highest BCUT2D eigenvalue weighted by Gasteiger charge is 2.37. The molecule has 0 saturated carbocycles. The summed E-state index contributed by atoms with van der Waals surface area (Å²) in [4.78, 5) is 27.3. The number of hydrogen-bond donors (Lipinski definition) is 2. The minimum Gasteiger partial charge on any atom is -0.412 e. The van der Waals surface area contributed by atoms with Gasteiger partial charge in [0.15, 0.2) is 8.32 Å². The maximum Gasteiger partial charge on any atom is 0.249 e. The van der Waals surface area contributed by atoms with E-state index in [1.54, 1.807) is 12.4 Å². The van der Waals surface area contributed by atoms with Gasteiger partial charge in [0.1, 0.15) is 6.04 Å². The maximum absolute atomic E-state index is 11.9. The zero-order valence-electron chi connectivity index (χ0n) is 15.1. The number of pyridine rings is 1. The summed E-state index contributed by atoms with van der Waals surface area (Å²) in [6.45, 7) is 11.5. The van der Waals surface area contributed by atoms with Crippen LogP contribution in [0.1, 0.15) is 39.2 Å². The van der Waals surface area contributed by atoms with Crippen molar-refractivity contribution in [3.05, 3.63) is 24.0 Å². The van der Waals surface area contributed by atoms with Gasteiger partial charge in [-0.3, -0.25) is 19.9 Å². The van der Waals surface area contributed by atoms with Gasteiger partial charge in [-0.25, -0.2) is 0 Å². The number of nitrogens with one attached hydrogen (secondary N) is 2. The number of imide groups is 1. The average molecular weight is 350 g/mol. The van der Waals surface area contributed by atoms with Crippen LogP contribution in [0.15, 0.2) is 18.5 Å². The average Bonchev–Trinajstić information content (AvgIpc) is 2.48. The predicted molar refractivity (Wildman–Crippen MR) is 96.0 cm³/mol. The lowest BCUT2D eigenvalue weighted by Crippen LogP contribution is -2.47. The molecule has 132 valence electrons. The molecule has 1 aliphatic heterocycles. The molecule has 0 bridgehead atoms. The van der Waals surface area contributed by atoms with Crippen LogP contribution in [0, 0.1) is 0 Å². The second-order valence-electron chi connectivity index (χ2n) is 7.73. The minimum absolute atomic E-state index is 0.136. The molecular formula is C17H27N3O3Si. The van der Waals surface area contributed by atoms with Crippen LogP contribution < -0.4 is 10.6 Å². The second kappa shape index (κ2) is 7.02. The number of piperidine rings is 1. The van der Waals surface area contributed by atoms with Gasteiger partial charge in [-0.05, 0) is 30.6 Å². The van der Waals surface area contributed by atoms with Crippen molar-refractivity contribution in [2.45, 2.75) is 64.4 Å². The summed E-state index contributed by atoms with van der Waals surface area (Å²) in [7, 11) is -1.86. The monoisotopic (exact) mass is 349 g/mol. The first-order valence-electron chi connectivity index (χ1n) is 8.27. The summed E-state index contributed by atoms with van der Waals surface area (Å²) < 4.78 is 6.27. The zero-order chi connectivity index (χ0) is 18.0. The van der Waals surface area contributed by atoms with Crippen LogP contribution in [0.5, 0.6) is 0 Å². The van der Waals surface area contributed by atoms with Gasteiger partial charge in [-0.15, -0.1) is 0 Å². The van der Waals surface area contributed by atoms with Crippen LogP contribution in [0.4, 0.5) is 5.69 Å². The summed E-state index contributed by atoms with van der Waals surface area (Å²) in [5.41, 5.74) is 1.75. The number of rotatable bonds is 5. The van der Waals surface area contributed by atoms with Gasteiger partial charge in [0.05, 0.1) is 18.5 Å². The van der Waals surface area contributed by atoms with Crippen LogP contribution in [-0.4, -0.2) is 31.2 Å². The summed E-state index contributed by atoms with van der Waals surface area (Å²) in [6, 6.07) is 1.49. The minimum atomic E-state index is -1.86. The third-order valence-corrected chi connectivity index (χ3v) is 9.35. The standard InChI is InChI=1S/C17H27N3O3Si/c1-17(2,3)24(4,5)23-11-12-8-9-18-10-14(12)19-13-6-7-15(21)20-16(13)22/h8-10,13,19H,6-7,11H2,1-5H3,(H,20,21,22). The fraction of sp³-hybridized carbons (Fsp3) is 0.588. The molecule has 1 aliphatic rings. The Morgan fingerprint density at radius 3 is 2.71 bits per heavy atom. The van der Waals surface area contributed by atoms with Crippen LogP contribution >= 0.6 is 0 Å². The van der Waals surface area contributed by atoms with E-state index in [1.165, 1.54) is 0 Å². The van der Waals surface area contributed by atoms with Gasteiger partial charge in [-0.1, -0.05) is 20.8 Å². The van der Waals surface area contributed by atoms with Crippen LogP contribution in [0.3, 0.4) is 0 Å². The highest BCUT2D eigenvalue weighted by atomic mass is 28.4. The Hall–Kier alpha value is -1.73. The Bertz CT molecular complexity index is 626. The molecule has 1 saturated heterocycles. The van der Waals surface area contributed by atoms with Crippen molar-refractivity contribution >= 4 is 25.8 Å². The van der Waals surface area contributed by atoms with E-state index in [2.05, 4.69) is 49.5 Å². The molecule has 24 heavy (non-hydrogen) atoms. The highest BCUT2D eigenvalue weighted by molar-refractivity contribution is 6.74. The Morgan fingerprint density at radius 1 is 1.38 bits per heavy atom. The number of nitrogens with zero attached hydrogens (tertiary/aromatic N) is 1. The first kappa shape index (κ1) is 18.6. The van der Waals surface area contributed by atoms with Gasteiger partial charge in [0.2, 0.25) is 11.8 Å². The molecule has 1 aromatic rings. The smallest absolute Gasteiger partial charge is 0.249 e. The van der Waals surface area contributed by atoms with Gasteiger partial charge < -0.3 is 9.74 Å². The van der Waals surface area contributed by atoms with E-state index in [0.717, 1.165) is 11.3 Å². The molecule has 6 nitrogen and oxygen atoms in total. The van der Waals surface area contributed by atoms with E-state index >= 15 is 0 Å². The number of carbonyl (C=O) groups is 2. The molecule has 0 aliphatic carbocycles. The van der Waals surface area contributed by atoms with Crippen molar-refractivity contribution in [1.29, 1.82) is 0 Å². The Morgan fingerprint density at radius 2 is 2.08 bits per heavy atom. The molecule has 0 spiro atoms. The SMILES string of the molecule is CC(C)(C)[Si](C)(C)OCc1ccncc1NC1CCC(=O)NC1=O. The fourth-order valence-corrected chi connectivity index (χ4v) is 3.12. The molecule has 0 radical (unpaired) electrons. The van der Waals surface area contributed by atoms with E-state index in [1.807, 2.05) is 6.07 Å². The predicted octanol–water partition coefficient (Wildman–Crippen LogP) is 2.82. The second-order valence-corrected chi connectivity index (χ2v) is 12.5. The summed E-state index contributed by atoms with van der Waals surface area (Å²) in [5.74, 6) is -0.503. The van der Waals surface area contributed by atoms with E-state index in [4.69, 9.17) is 4.43 Å². The van der Waals surface area contributed by atoms with E-state index < -0.39 is 14.4 Å². The molecule has 2 amide bonds. The molecule has 2 N–H and O–H groups in total. The largest absolute Gasteiger partial charge is 0.412 e. The fourth-order valence-electron chi connectivity index (χ4n) is 2.17. The van der Waals surface area contributed by atoms with E-state index in [-0.39, 0.29) is 16.9 Å². The highest BCUT2D eigenvalue weighted by Crippen LogP contribution is 2.37. The third-order valence-electron chi connectivity index (χ3n) is 4.87. The Balaban J connectivity index is 2.08. The molecule has 1 fully saturated rings. The quantitative estimate of drug-likeness (QED) is 0.631. The molecule has 1 aromatic heterocycles.